The van der Waals surface area contributed by atoms with E-state index >= 15 is 0 Å². The van der Waals surface area contributed by atoms with Gasteiger partial charge in [0, 0.05) is 11.7 Å². The highest BCUT2D eigenvalue weighted by Crippen LogP contribution is 2.20. The number of aromatic nitrogens is 2. The Bertz CT molecular complexity index is 706. The normalized spacial score (nSPS) is 15.1. The Kier molecular flexibility index (Phi) is 5.08. The second-order valence-corrected chi connectivity index (χ2v) is 6.54. The number of nitrogens with one attached hydrogen (secondary N) is 2. The average Bonchev–Trinajstić information content (AvgIpc) is 2.59. The number of rotatable bonds is 4. The molecule has 24 heavy (non-hydrogen) atoms. The monoisotopic (exact) mass is 324 g/mol. The van der Waals surface area contributed by atoms with Crippen molar-refractivity contribution in [2.24, 2.45) is 0 Å². The highest BCUT2D eigenvalue weighted by Gasteiger charge is 2.14. The van der Waals surface area contributed by atoms with Gasteiger partial charge in [-0.15, -0.1) is 0 Å². The molecule has 0 atom stereocenters. The second-order valence-electron chi connectivity index (χ2n) is 6.54. The van der Waals surface area contributed by atoms with Gasteiger partial charge >= 0.3 is 0 Å². The summed E-state index contributed by atoms with van der Waals surface area (Å²) >= 11 is 0. The van der Waals surface area contributed by atoms with E-state index in [1.165, 1.54) is 43.9 Å². The van der Waals surface area contributed by atoms with Crippen LogP contribution in [0.4, 0.5) is 11.5 Å². The number of hydrogen-bond acceptors (Lipinski definition) is 4. The molecule has 2 N–H and O–H groups in total. The first-order valence-electron chi connectivity index (χ1n) is 8.59. The number of carbonyl (C=O) groups excluding carboxylic acids is 1. The summed E-state index contributed by atoms with van der Waals surface area (Å²) in [6, 6.07) is 6.40. The van der Waals surface area contributed by atoms with Crippen LogP contribution in [0.1, 0.15) is 53.7 Å². The molecule has 1 aliphatic carbocycles. The van der Waals surface area contributed by atoms with Crippen molar-refractivity contribution in [2.75, 3.05) is 10.6 Å². The average molecular weight is 324 g/mol. The van der Waals surface area contributed by atoms with Gasteiger partial charge in [0.1, 0.15) is 11.5 Å². The van der Waals surface area contributed by atoms with Crippen LogP contribution in [0, 0.1) is 13.8 Å². The van der Waals surface area contributed by atoms with Crippen molar-refractivity contribution in [1.82, 2.24) is 9.97 Å². The van der Waals surface area contributed by atoms with E-state index in [-0.39, 0.29) is 5.91 Å². The van der Waals surface area contributed by atoms with Crippen LogP contribution in [0.25, 0.3) is 0 Å². The summed E-state index contributed by atoms with van der Waals surface area (Å²) in [5.41, 5.74) is 3.33. The van der Waals surface area contributed by atoms with E-state index in [0.717, 1.165) is 17.1 Å². The number of benzene rings is 1. The molecule has 0 aliphatic heterocycles. The summed E-state index contributed by atoms with van der Waals surface area (Å²) in [5.74, 6) is 0.503. The van der Waals surface area contributed by atoms with Crippen LogP contribution in [0.3, 0.4) is 0 Å². The maximum atomic E-state index is 12.3. The van der Waals surface area contributed by atoms with Crippen molar-refractivity contribution in [3.05, 3.63) is 47.4 Å². The van der Waals surface area contributed by atoms with E-state index in [1.807, 2.05) is 32.0 Å². The number of hydrogen-bond donors (Lipinski definition) is 2. The highest BCUT2D eigenvalue weighted by molar-refractivity contribution is 6.03. The summed E-state index contributed by atoms with van der Waals surface area (Å²) in [7, 11) is 0. The fraction of sp³-hybridized carbons (Fsp3) is 0.421. The molecule has 3 rings (SSSR count). The molecular formula is C19H24N4O. The lowest BCUT2D eigenvalue weighted by atomic mass is 9.96. The van der Waals surface area contributed by atoms with Gasteiger partial charge in [-0.2, -0.15) is 0 Å². The summed E-state index contributed by atoms with van der Waals surface area (Å²) < 4.78 is 0. The van der Waals surface area contributed by atoms with Crippen LogP contribution < -0.4 is 10.6 Å². The molecule has 0 spiro atoms. The minimum atomic E-state index is -0.237. The molecule has 0 unspecified atom stereocenters. The zero-order chi connectivity index (χ0) is 16.9. The Balaban J connectivity index is 1.62. The van der Waals surface area contributed by atoms with Gasteiger partial charge in [0.15, 0.2) is 0 Å². The lowest BCUT2D eigenvalue weighted by molar-refractivity contribution is 0.102. The van der Waals surface area contributed by atoms with Gasteiger partial charge in [0.2, 0.25) is 0 Å². The van der Waals surface area contributed by atoms with Crippen LogP contribution in [0.2, 0.25) is 0 Å². The molecule has 0 bridgehead atoms. The molecule has 5 nitrogen and oxygen atoms in total. The topological polar surface area (TPSA) is 66.9 Å². The zero-order valence-electron chi connectivity index (χ0n) is 14.3. The summed E-state index contributed by atoms with van der Waals surface area (Å²) in [6.45, 7) is 4.01. The molecule has 0 radical (unpaired) electrons. The van der Waals surface area contributed by atoms with Gasteiger partial charge in [-0.1, -0.05) is 37.0 Å². The molecule has 0 saturated heterocycles. The van der Waals surface area contributed by atoms with Crippen LogP contribution in [-0.4, -0.2) is 21.9 Å². The van der Waals surface area contributed by atoms with Crippen molar-refractivity contribution in [3.8, 4) is 0 Å². The molecule has 1 aromatic heterocycles. The summed E-state index contributed by atoms with van der Waals surface area (Å²) in [4.78, 5) is 20.9. The minimum absolute atomic E-state index is 0.237. The Morgan fingerprint density at radius 1 is 1.08 bits per heavy atom. The molecule has 5 heteroatoms. The minimum Gasteiger partial charge on any atom is -0.366 e. The third kappa shape index (κ3) is 4.10. The summed E-state index contributed by atoms with van der Waals surface area (Å²) in [5, 5.41) is 6.30. The first-order chi connectivity index (χ1) is 11.6. The smallest absolute Gasteiger partial charge is 0.275 e. The molecule has 1 amide bonds. The standard InChI is InChI=1S/C19H24N4O/c1-13-8-9-16(14(2)10-13)23-19(24)17-11-21-18(12-20-17)22-15-6-4-3-5-7-15/h8-12,15H,3-7H2,1-2H3,(H,21,22)(H,23,24). The van der Waals surface area contributed by atoms with Crippen LogP contribution in [-0.2, 0) is 0 Å². The Morgan fingerprint density at radius 3 is 2.54 bits per heavy atom. The number of nitrogens with zero attached hydrogens (tertiary/aromatic N) is 2. The third-order valence-corrected chi connectivity index (χ3v) is 4.47. The van der Waals surface area contributed by atoms with Crippen molar-refractivity contribution >= 4 is 17.4 Å². The number of anilines is 2. The van der Waals surface area contributed by atoms with Gasteiger partial charge in [-0.3, -0.25) is 4.79 Å². The lowest BCUT2D eigenvalue weighted by Gasteiger charge is -2.23. The SMILES string of the molecule is Cc1ccc(NC(=O)c2cnc(NC3CCCCC3)cn2)c(C)c1. The van der Waals surface area contributed by atoms with E-state index in [9.17, 15) is 4.79 Å². The van der Waals surface area contributed by atoms with Gasteiger partial charge in [-0.05, 0) is 38.3 Å². The van der Waals surface area contributed by atoms with E-state index in [0.29, 0.717) is 11.7 Å². The van der Waals surface area contributed by atoms with Crippen molar-refractivity contribution < 1.29 is 4.79 Å². The molecule has 1 aliphatic rings. The van der Waals surface area contributed by atoms with Crippen molar-refractivity contribution in [1.29, 1.82) is 0 Å². The van der Waals surface area contributed by atoms with E-state index in [1.54, 1.807) is 6.20 Å². The number of aryl methyl sites for hydroxylation is 2. The largest absolute Gasteiger partial charge is 0.366 e. The maximum absolute atomic E-state index is 12.3. The first kappa shape index (κ1) is 16.4. The molecule has 1 heterocycles. The van der Waals surface area contributed by atoms with Gasteiger partial charge in [0.25, 0.3) is 5.91 Å². The van der Waals surface area contributed by atoms with Crippen LogP contribution in [0.15, 0.2) is 30.6 Å². The van der Waals surface area contributed by atoms with Crippen LogP contribution in [0.5, 0.6) is 0 Å². The van der Waals surface area contributed by atoms with E-state index < -0.39 is 0 Å². The molecule has 1 saturated carbocycles. The molecule has 1 aromatic carbocycles. The lowest BCUT2D eigenvalue weighted by Crippen LogP contribution is -2.23. The Hall–Kier alpha value is -2.43. The fourth-order valence-electron chi connectivity index (χ4n) is 3.12. The quantitative estimate of drug-likeness (QED) is 0.889. The van der Waals surface area contributed by atoms with E-state index in [2.05, 4.69) is 20.6 Å². The second kappa shape index (κ2) is 7.43. The number of carbonyl (C=O) groups is 1. The first-order valence-corrected chi connectivity index (χ1v) is 8.59. The Morgan fingerprint density at radius 2 is 1.88 bits per heavy atom. The van der Waals surface area contributed by atoms with Crippen molar-refractivity contribution in [2.45, 2.75) is 52.0 Å². The van der Waals surface area contributed by atoms with E-state index in [4.69, 9.17) is 0 Å². The predicted molar refractivity (Wildman–Crippen MR) is 96.4 cm³/mol. The molecule has 2 aromatic rings. The molecular weight excluding hydrogens is 300 g/mol. The fourth-order valence-corrected chi connectivity index (χ4v) is 3.12. The zero-order valence-corrected chi connectivity index (χ0v) is 14.3. The van der Waals surface area contributed by atoms with Gasteiger partial charge in [-0.25, -0.2) is 9.97 Å². The highest BCUT2D eigenvalue weighted by atomic mass is 16.1. The van der Waals surface area contributed by atoms with Crippen LogP contribution >= 0.6 is 0 Å². The number of amides is 1. The summed E-state index contributed by atoms with van der Waals surface area (Å²) in [6.07, 6.45) is 9.38. The van der Waals surface area contributed by atoms with Crippen molar-refractivity contribution in [3.63, 3.8) is 0 Å². The Labute approximate surface area is 142 Å². The van der Waals surface area contributed by atoms with Gasteiger partial charge in [0.05, 0.1) is 12.4 Å². The molecule has 1 fully saturated rings. The maximum Gasteiger partial charge on any atom is 0.275 e. The van der Waals surface area contributed by atoms with Gasteiger partial charge < -0.3 is 10.6 Å². The molecule has 126 valence electrons. The predicted octanol–water partition coefficient (Wildman–Crippen LogP) is 4.09. The third-order valence-electron chi connectivity index (χ3n) is 4.47.